The zero-order valence-electron chi connectivity index (χ0n) is 20.7. The van der Waals surface area contributed by atoms with Gasteiger partial charge in [-0.25, -0.2) is 0 Å². The van der Waals surface area contributed by atoms with Crippen molar-refractivity contribution in [1.29, 1.82) is 0 Å². The highest BCUT2D eigenvalue weighted by atomic mass is 16.3. The zero-order valence-corrected chi connectivity index (χ0v) is 20.7. The van der Waals surface area contributed by atoms with Crippen LogP contribution in [-0.4, -0.2) is 11.2 Å². The first-order chi connectivity index (χ1) is 14.0. The average Bonchev–Trinajstić information content (AvgIpc) is 3.04. The van der Waals surface area contributed by atoms with Crippen molar-refractivity contribution in [3.8, 4) is 11.8 Å². The van der Waals surface area contributed by atoms with Gasteiger partial charge in [-0.15, -0.1) is 0 Å². The fourth-order valence-corrected chi connectivity index (χ4v) is 7.90. The number of fused-ring (bicyclic) bond motifs is 5. The monoisotopic (exact) mass is 410 g/mol. The van der Waals surface area contributed by atoms with Crippen LogP contribution in [0.2, 0.25) is 0 Å². The molecular weight excluding hydrogens is 364 g/mol. The number of allylic oxidation sites excluding steroid dienone is 2. The third-order valence-electron chi connectivity index (χ3n) is 10.8. The van der Waals surface area contributed by atoms with E-state index in [-0.39, 0.29) is 11.5 Å². The smallest absolute Gasteiger partial charge is 0.0543 e. The van der Waals surface area contributed by atoms with E-state index in [4.69, 9.17) is 0 Å². The molecule has 1 N–H and O–H groups in total. The lowest BCUT2D eigenvalue weighted by Crippen LogP contribution is -2.49. The molecule has 3 saturated carbocycles. The van der Waals surface area contributed by atoms with Gasteiger partial charge in [0.05, 0.1) is 6.10 Å². The maximum atomic E-state index is 10.3. The van der Waals surface area contributed by atoms with Gasteiger partial charge in [-0.3, -0.25) is 0 Å². The predicted molar refractivity (Wildman–Crippen MR) is 127 cm³/mol. The summed E-state index contributed by atoms with van der Waals surface area (Å²) >= 11 is 0. The number of hydrogen-bond acceptors (Lipinski definition) is 1. The minimum absolute atomic E-state index is 0.0581. The molecule has 3 fully saturated rings. The van der Waals surface area contributed by atoms with Gasteiger partial charge < -0.3 is 5.11 Å². The molecule has 0 bridgehead atoms. The summed E-state index contributed by atoms with van der Waals surface area (Å²) in [6.45, 7) is 16.8. The van der Waals surface area contributed by atoms with Gasteiger partial charge in [0.15, 0.2) is 0 Å². The van der Waals surface area contributed by atoms with Gasteiger partial charge in [-0.05, 0) is 106 Å². The molecular formula is C29H46O. The van der Waals surface area contributed by atoms with Crippen molar-refractivity contribution in [2.24, 2.45) is 51.8 Å². The molecule has 1 nitrogen and oxygen atoms in total. The summed E-state index contributed by atoms with van der Waals surface area (Å²) < 4.78 is 0. The number of rotatable bonds is 2. The van der Waals surface area contributed by atoms with Gasteiger partial charge in [0.1, 0.15) is 0 Å². The van der Waals surface area contributed by atoms with E-state index in [0.717, 1.165) is 30.6 Å². The maximum absolute atomic E-state index is 10.3. The van der Waals surface area contributed by atoms with E-state index in [9.17, 15) is 5.11 Å². The van der Waals surface area contributed by atoms with Crippen LogP contribution in [0, 0.1) is 63.6 Å². The van der Waals surface area contributed by atoms with E-state index in [1.807, 2.05) is 5.57 Å². The van der Waals surface area contributed by atoms with Crippen LogP contribution in [0.3, 0.4) is 0 Å². The van der Waals surface area contributed by atoms with Crippen molar-refractivity contribution in [1.82, 2.24) is 0 Å². The zero-order chi connectivity index (χ0) is 21.9. The Bertz CT molecular complexity index is 748. The standard InChI is InChI=1S/C29H46O/c1-19(2)27(4,5)15-12-20(3)24-10-11-25-23-9-8-21-18-22(30)13-16-28(21,6)26(23)14-17-29(24,25)7/h9,19-22,24-26,30H,8,10-11,13-14,16-18H2,1-7H3. The second-order valence-electron chi connectivity index (χ2n) is 12.8. The van der Waals surface area contributed by atoms with Crippen LogP contribution in [0.5, 0.6) is 0 Å². The van der Waals surface area contributed by atoms with Crippen LogP contribution >= 0.6 is 0 Å². The van der Waals surface area contributed by atoms with Crippen molar-refractivity contribution in [3.63, 3.8) is 0 Å². The largest absolute Gasteiger partial charge is 0.393 e. The van der Waals surface area contributed by atoms with Crippen molar-refractivity contribution < 1.29 is 5.11 Å². The molecule has 8 unspecified atom stereocenters. The summed E-state index contributed by atoms with van der Waals surface area (Å²) in [6, 6.07) is 0. The normalized spacial score (nSPS) is 44.3. The minimum Gasteiger partial charge on any atom is -0.393 e. The topological polar surface area (TPSA) is 20.2 Å². The number of hydrogen-bond donors (Lipinski definition) is 1. The number of aliphatic hydroxyl groups is 1. The molecule has 4 aliphatic rings. The SMILES string of the molecule is CC(C#CC(C)(C)C(C)C)C1CCC2C3=CCC4CC(O)CCC4(C)C3CCC21C. The predicted octanol–water partition coefficient (Wildman–Crippen LogP) is 7.25. The van der Waals surface area contributed by atoms with Crippen LogP contribution in [0.15, 0.2) is 11.6 Å². The van der Waals surface area contributed by atoms with E-state index < -0.39 is 0 Å². The lowest BCUT2D eigenvalue weighted by atomic mass is 9.47. The van der Waals surface area contributed by atoms with Gasteiger partial charge in [0.2, 0.25) is 0 Å². The maximum Gasteiger partial charge on any atom is 0.0543 e. The Morgan fingerprint density at radius 3 is 2.37 bits per heavy atom. The molecule has 0 radical (unpaired) electrons. The van der Waals surface area contributed by atoms with Crippen molar-refractivity contribution in [3.05, 3.63) is 11.6 Å². The molecule has 0 aliphatic heterocycles. The highest BCUT2D eigenvalue weighted by Crippen LogP contribution is 2.66. The summed E-state index contributed by atoms with van der Waals surface area (Å²) in [5, 5.41) is 10.3. The first-order valence-corrected chi connectivity index (χ1v) is 12.9. The molecule has 0 aromatic rings. The van der Waals surface area contributed by atoms with Gasteiger partial charge in [0.25, 0.3) is 0 Å². The minimum atomic E-state index is -0.0581. The molecule has 1 heteroatoms. The molecule has 0 aromatic carbocycles. The molecule has 8 atom stereocenters. The summed E-state index contributed by atoms with van der Waals surface area (Å²) in [6.07, 6.45) is 12.5. The third-order valence-corrected chi connectivity index (χ3v) is 10.8. The second-order valence-corrected chi connectivity index (χ2v) is 12.8. The lowest BCUT2D eigenvalue weighted by Gasteiger charge is -2.57. The van der Waals surface area contributed by atoms with Gasteiger partial charge in [0, 0.05) is 11.3 Å². The molecule has 0 heterocycles. The number of aliphatic hydroxyl groups excluding tert-OH is 1. The molecule has 30 heavy (non-hydrogen) atoms. The van der Waals surface area contributed by atoms with Crippen LogP contribution in [0.25, 0.3) is 0 Å². The van der Waals surface area contributed by atoms with Gasteiger partial charge >= 0.3 is 0 Å². The Morgan fingerprint density at radius 1 is 1.00 bits per heavy atom. The summed E-state index contributed by atoms with van der Waals surface area (Å²) in [4.78, 5) is 0. The quantitative estimate of drug-likeness (QED) is 0.375. The van der Waals surface area contributed by atoms with E-state index in [0.29, 0.717) is 28.6 Å². The molecule has 0 aromatic heterocycles. The lowest BCUT2D eigenvalue weighted by molar-refractivity contribution is -0.0412. The van der Waals surface area contributed by atoms with Crippen molar-refractivity contribution >= 4 is 0 Å². The molecule has 4 aliphatic carbocycles. The third kappa shape index (κ3) is 3.50. The van der Waals surface area contributed by atoms with Gasteiger partial charge in [-0.2, -0.15) is 0 Å². The highest BCUT2D eigenvalue weighted by Gasteiger charge is 2.58. The summed E-state index contributed by atoms with van der Waals surface area (Å²) in [7, 11) is 0. The van der Waals surface area contributed by atoms with E-state index in [2.05, 4.69) is 66.4 Å². The molecule has 0 spiro atoms. The Balaban J connectivity index is 1.56. The Hall–Kier alpha value is -0.740. The Labute approximate surface area is 186 Å². The van der Waals surface area contributed by atoms with E-state index in [1.54, 1.807) is 0 Å². The second kappa shape index (κ2) is 7.69. The average molecular weight is 411 g/mol. The van der Waals surface area contributed by atoms with Crippen LogP contribution in [0.1, 0.15) is 99.8 Å². The first kappa shape index (κ1) is 22.5. The van der Waals surface area contributed by atoms with E-state index in [1.165, 1.54) is 38.5 Å². The summed E-state index contributed by atoms with van der Waals surface area (Å²) in [5.74, 6) is 11.5. The van der Waals surface area contributed by atoms with Gasteiger partial charge in [-0.1, -0.05) is 58.1 Å². The molecule has 0 amide bonds. The summed E-state index contributed by atoms with van der Waals surface area (Å²) in [5.41, 5.74) is 2.78. The van der Waals surface area contributed by atoms with Crippen molar-refractivity contribution in [2.75, 3.05) is 0 Å². The van der Waals surface area contributed by atoms with Crippen molar-refractivity contribution in [2.45, 2.75) is 106 Å². The Kier molecular flexibility index (Phi) is 5.76. The van der Waals surface area contributed by atoms with Crippen LogP contribution in [-0.2, 0) is 0 Å². The molecule has 0 saturated heterocycles. The van der Waals surface area contributed by atoms with Crippen LogP contribution in [0.4, 0.5) is 0 Å². The fraction of sp³-hybridized carbons (Fsp3) is 0.862. The molecule has 4 rings (SSSR count). The van der Waals surface area contributed by atoms with E-state index >= 15 is 0 Å². The fourth-order valence-electron chi connectivity index (χ4n) is 7.90. The Morgan fingerprint density at radius 2 is 1.67 bits per heavy atom. The first-order valence-electron chi connectivity index (χ1n) is 12.9. The van der Waals surface area contributed by atoms with Crippen LogP contribution < -0.4 is 0 Å². The highest BCUT2D eigenvalue weighted by molar-refractivity contribution is 5.28. The molecule has 168 valence electrons.